The van der Waals surface area contributed by atoms with Crippen molar-refractivity contribution in [3.8, 4) is 16.9 Å². The number of piperazine rings is 1. The summed E-state index contributed by atoms with van der Waals surface area (Å²) in [5.41, 5.74) is 2.58. The first-order valence-electron chi connectivity index (χ1n) is 18.8. The third-order valence-corrected chi connectivity index (χ3v) is 12.3. The summed E-state index contributed by atoms with van der Waals surface area (Å²) in [6, 6.07) is 18.0. The molecule has 2 saturated heterocycles. The quantitative estimate of drug-likeness (QED) is 0.241. The molecule has 6 rings (SSSR count). The number of amides is 2. The van der Waals surface area contributed by atoms with Gasteiger partial charge in [-0.3, -0.25) is 9.69 Å². The summed E-state index contributed by atoms with van der Waals surface area (Å²) in [6.07, 6.45) is 8.06. The Hall–Kier alpha value is -3.71. The Balaban J connectivity index is 1.15. The molecule has 3 aliphatic rings. The van der Waals surface area contributed by atoms with Crippen LogP contribution >= 0.6 is 11.6 Å². The first kappa shape index (κ1) is 39.0. The van der Waals surface area contributed by atoms with Gasteiger partial charge in [-0.1, -0.05) is 67.3 Å². The molecule has 2 aromatic carbocycles. The monoisotopic (exact) mass is 765 g/mol. The van der Waals surface area contributed by atoms with Crippen molar-refractivity contribution >= 4 is 33.6 Å². The Morgan fingerprint density at radius 3 is 2.15 bits per heavy atom. The van der Waals surface area contributed by atoms with Gasteiger partial charge >= 0.3 is 6.09 Å². The van der Waals surface area contributed by atoms with Crippen LogP contribution in [0, 0.1) is 5.92 Å². The number of sulfonamides is 1. The predicted octanol–water partition coefficient (Wildman–Crippen LogP) is 6.75. The molecule has 0 bridgehead atoms. The minimum Gasteiger partial charge on any atom is -0.492 e. The Labute approximate surface area is 319 Å². The highest BCUT2D eigenvalue weighted by molar-refractivity contribution is 7.89. The van der Waals surface area contributed by atoms with E-state index < -0.39 is 27.8 Å². The fourth-order valence-electron chi connectivity index (χ4n) is 7.38. The van der Waals surface area contributed by atoms with Gasteiger partial charge in [0, 0.05) is 50.3 Å². The summed E-state index contributed by atoms with van der Waals surface area (Å²) in [5.74, 6) is 0.797. The zero-order valence-corrected chi connectivity index (χ0v) is 32.6. The highest BCUT2D eigenvalue weighted by Gasteiger charge is 2.43. The first-order valence-corrected chi connectivity index (χ1v) is 20.6. The Morgan fingerprint density at radius 1 is 0.868 bits per heavy atom. The third-order valence-electron chi connectivity index (χ3n) is 10.3. The zero-order chi connectivity index (χ0) is 37.6. The number of hydrogen-bond donors (Lipinski definition) is 1. The number of benzene rings is 2. The normalized spacial score (nSPS) is 19.8. The molecule has 0 radical (unpaired) electrons. The number of piperidine rings is 1. The first-order chi connectivity index (χ1) is 25.3. The van der Waals surface area contributed by atoms with E-state index in [2.05, 4.69) is 39.5 Å². The van der Waals surface area contributed by atoms with Gasteiger partial charge in [-0.2, -0.15) is 4.31 Å². The van der Waals surface area contributed by atoms with Crippen LogP contribution in [-0.4, -0.2) is 96.5 Å². The van der Waals surface area contributed by atoms with E-state index in [9.17, 15) is 18.0 Å². The fraction of sp³-hybridized carbons (Fsp3) is 0.525. The molecule has 2 amide bonds. The number of nitrogens with zero attached hydrogens (tertiary/aromatic N) is 4. The molecule has 3 aromatic rings. The Bertz CT molecular complexity index is 1790. The van der Waals surface area contributed by atoms with Crippen molar-refractivity contribution in [2.75, 3.05) is 39.3 Å². The third kappa shape index (κ3) is 10.5. The molecule has 0 spiro atoms. The van der Waals surface area contributed by atoms with E-state index in [1.807, 2.05) is 45.0 Å². The number of likely N-dealkylation sites (tertiary alicyclic amines) is 1. The molecule has 13 heteroatoms. The maximum absolute atomic E-state index is 14.3. The smallest absolute Gasteiger partial charge is 0.407 e. The van der Waals surface area contributed by atoms with Gasteiger partial charge in [0.2, 0.25) is 5.91 Å². The average molecular weight is 766 g/mol. The van der Waals surface area contributed by atoms with Crippen molar-refractivity contribution in [1.29, 1.82) is 0 Å². The summed E-state index contributed by atoms with van der Waals surface area (Å²) in [6.45, 7) is 8.20. The van der Waals surface area contributed by atoms with Crippen LogP contribution in [0.15, 0.2) is 71.9 Å². The lowest BCUT2D eigenvalue weighted by atomic mass is 9.90. The van der Waals surface area contributed by atoms with Crippen LogP contribution in [0.4, 0.5) is 4.79 Å². The maximum Gasteiger partial charge on any atom is 0.407 e. The standard InChI is InChI=1S/C40H52ClN5O6S/c1-40(2,3)52-39(48)43-34-19-21-45(22-20-34)38(47)36-27-44(26-29-9-11-31(12-10-29)32-13-15-33(41)16-14-32)23-24-46(36)53(49,50)37-18-17-35(25-42-37)51-28-30-7-5-4-6-8-30/h9-18,25,30,34,36H,4-8,19-24,26-28H2,1-3H3,(H,43,48)/t36-/m0/s1. The summed E-state index contributed by atoms with van der Waals surface area (Å²) in [7, 11) is -4.12. The van der Waals surface area contributed by atoms with Crippen molar-refractivity contribution in [2.45, 2.75) is 95.0 Å². The molecule has 2 aliphatic heterocycles. The molecule has 1 aliphatic carbocycles. The molecule has 11 nitrogen and oxygen atoms in total. The summed E-state index contributed by atoms with van der Waals surface area (Å²) in [5, 5.41) is 3.49. The van der Waals surface area contributed by atoms with Gasteiger partial charge in [-0.15, -0.1) is 0 Å². The van der Waals surface area contributed by atoms with Crippen LogP contribution in [-0.2, 0) is 26.1 Å². The molecule has 1 atom stereocenters. The number of alkyl carbamates (subject to hydrolysis) is 1. The van der Waals surface area contributed by atoms with E-state index >= 15 is 0 Å². The number of hydrogen-bond acceptors (Lipinski definition) is 8. The second kappa shape index (κ2) is 17.2. The van der Waals surface area contributed by atoms with Crippen LogP contribution in [0.1, 0.15) is 71.3 Å². The summed E-state index contributed by atoms with van der Waals surface area (Å²) < 4.78 is 41.1. The molecule has 0 unspecified atom stereocenters. The number of rotatable bonds is 10. The highest BCUT2D eigenvalue weighted by atomic mass is 35.5. The zero-order valence-electron chi connectivity index (χ0n) is 31.0. The van der Waals surface area contributed by atoms with Crippen LogP contribution < -0.4 is 10.1 Å². The van der Waals surface area contributed by atoms with Gasteiger partial charge in [-0.05, 0) is 93.3 Å². The van der Waals surface area contributed by atoms with Gasteiger partial charge in [0.05, 0.1) is 12.8 Å². The minimum atomic E-state index is -4.12. The van der Waals surface area contributed by atoms with E-state index in [4.69, 9.17) is 21.1 Å². The van der Waals surface area contributed by atoms with E-state index in [0.29, 0.717) is 62.3 Å². The Kier molecular flexibility index (Phi) is 12.6. The van der Waals surface area contributed by atoms with Gasteiger partial charge in [0.1, 0.15) is 17.4 Å². The van der Waals surface area contributed by atoms with Gasteiger partial charge in [0.15, 0.2) is 5.03 Å². The number of carbonyl (C=O) groups excluding carboxylic acids is 2. The Morgan fingerprint density at radius 2 is 1.53 bits per heavy atom. The van der Waals surface area contributed by atoms with Crippen molar-refractivity contribution in [3.63, 3.8) is 0 Å². The van der Waals surface area contributed by atoms with Gasteiger partial charge in [-0.25, -0.2) is 18.2 Å². The van der Waals surface area contributed by atoms with Crippen molar-refractivity contribution in [3.05, 3.63) is 77.4 Å². The van der Waals surface area contributed by atoms with E-state index in [0.717, 1.165) is 29.5 Å². The fourth-order valence-corrected chi connectivity index (χ4v) is 8.99. The summed E-state index contributed by atoms with van der Waals surface area (Å²) >= 11 is 6.07. The number of halogens is 1. The number of nitrogens with one attached hydrogen (secondary N) is 1. The number of aromatic nitrogens is 1. The van der Waals surface area contributed by atoms with Crippen LogP contribution in [0.5, 0.6) is 5.75 Å². The molecule has 53 heavy (non-hydrogen) atoms. The van der Waals surface area contributed by atoms with Crippen molar-refractivity contribution in [2.24, 2.45) is 5.92 Å². The topological polar surface area (TPSA) is 121 Å². The molecule has 1 aromatic heterocycles. The summed E-state index contributed by atoms with van der Waals surface area (Å²) in [4.78, 5) is 34.9. The highest BCUT2D eigenvalue weighted by Crippen LogP contribution is 2.28. The molecular formula is C40H52ClN5O6S. The van der Waals surface area contributed by atoms with Crippen LogP contribution in [0.25, 0.3) is 11.1 Å². The molecular weight excluding hydrogens is 714 g/mol. The van der Waals surface area contributed by atoms with Crippen LogP contribution in [0.2, 0.25) is 5.02 Å². The number of pyridine rings is 1. The molecule has 1 saturated carbocycles. The largest absolute Gasteiger partial charge is 0.492 e. The number of carbonyl (C=O) groups is 2. The lowest BCUT2D eigenvalue weighted by Crippen LogP contribution is -2.62. The molecule has 3 heterocycles. The lowest BCUT2D eigenvalue weighted by molar-refractivity contribution is -0.138. The van der Waals surface area contributed by atoms with Crippen molar-refractivity contribution in [1.82, 2.24) is 24.4 Å². The average Bonchev–Trinajstić information content (AvgIpc) is 3.14. The van der Waals surface area contributed by atoms with Crippen LogP contribution in [0.3, 0.4) is 0 Å². The minimum absolute atomic E-state index is 0.105. The SMILES string of the molecule is CC(C)(C)OC(=O)NC1CCN(C(=O)[C@@H]2CN(Cc3ccc(-c4ccc(Cl)cc4)cc3)CCN2S(=O)(=O)c2ccc(OCC3CCCCC3)cn2)CC1. The second-order valence-corrected chi connectivity index (χ2v) is 17.7. The van der Waals surface area contributed by atoms with E-state index in [1.54, 1.807) is 11.0 Å². The van der Waals surface area contributed by atoms with Gasteiger partial charge < -0.3 is 19.7 Å². The van der Waals surface area contributed by atoms with Gasteiger partial charge in [0.25, 0.3) is 10.0 Å². The molecule has 3 fully saturated rings. The maximum atomic E-state index is 14.3. The van der Waals surface area contributed by atoms with E-state index in [1.165, 1.54) is 35.8 Å². The second-order valence-electron chi connectivity index (χ2n) is 15.5. The van der Waals surface area contributed by atoms with Crippen molar-refractivity contribution < 1.29 is 27.5 Å². The molecule has 1 N–H and O–H groups in total. The van der Waals surface area contributed by atoms with E-state index in [-0.39, 0.29) is 30.1 Å². The predicted molar refractivity (Wildman–Crippen MR) is 205 cm³/mol. The molecule has 286 valence electrons. The lowest BCUT2D eigenvalue weighted by Gasteiger charge is -2.42. The number of ether oxygens (including phenoxy) is 2.